The number of nitrogens with one attached hydrogen (secondary N) is 1. The maximum Gasteiger partial charge on any atom is 0.243 e. The van der Waals surface area contributed by atoms with E-state index in [0.717, 1.165) is 37.7 Å². The lowest BCUT2D eigenvalue weighted by atomic mass is 10.0. The van der Waals surface area contributed by atoms with Crippen LogP contribution in [0.5, 0.6) is 0 Å². The van der Waals surface area contributed by atoms with Crippen molar-refractivity contribution in [1.82, 2.24) is 9.62 Å². The van der Waals surface area contributed by atoms with Gasteiger partial charge in [0.15, 0.2) is 0 Å². The SMILES string of the molecule is CC(C)CCC(C)NC(=O)Cc1ccc(S(=O)(=O)N2CCCCC2)cc1. The van der Waals surface area contributed by atoms with E-state index in [-0.39, 0.29) is 18.4 Å². The molecule has 146 valence electrons. The standard InChI is InChI=1S/C20H32N2O3S/c1-16(2)7-8-17(3)21-20(23)15-18-9-11-19(12-10-18)26(24,25)22-13-5-4-6-14-22/h9-12,16-17H,4-8,13-15H2,1-3H3,(H,21,23). The summed E-state index contributed by atoms with van der Waals surface area (Å²) < 4.78 is 26.8. The van der Waals surface area contributed by atoms with Crippen molar-refractivity contribution in [3.8, 4) is 0 Å². The van der Waals surface area contributed by atoms with E-state index in [1.54, 1.807) is 28.6 Å². The number of amides is 1. The minimum Gasteiger partial charge on any atom is -0.353 e. The lowest BCUT2D eigenvalue weighted by Crippen LogP contribution is -2.35. The molecule has 26 heavy (non-hydrogen) atoms. The summed E-state index contributed by atoms with van der Waals surface area (Å²) in [5.41, 5.74) is 0.830. The van der Waals surface area contributed by atoms with Crippen LogP contribution in [0.2, 0.25) is 0 Å². The molecule has 0 aliphatic carbocycles. The number of hydrogen-bond donors (Lipinski definition) is 1. The predicted octanol–water partition coefficient (Wildman–Crippen LogP) is 3.34. The molecule has 0 saturated carbocycles. The molecule has 0 aromatic heterocycles. The highest BCUT2D eigenvalue weighted by molar-refractivity contribution is 7.89. The van der Waals surface area contributed by atoms with Gasteiger partial charge in [-0.25, -0.2) is 8.42 Å². The van der Waals surface area contributed by atoms with Crippen LogP contribution in [0.3, 0.4) is 0 Å². The van der Waals surface area contributed by atoms with Gasteiger partial charge in [0.1, 0.15) is 0 Å². The summed E-state index contributed by atoms with van der Waals surface area (Å²) in [7, 11) is -3.41. The predicted molar refractivity (Wildman–Crippen MR) is 104 cm³/mol. The molecule has 5 nitrogen and oxygen atoms in total. The molecule has 1 fully saturated rings. The van der Waals surface area contributed by atoms with Crippen LogP contribution in [0.4, 0.5) is 0 Å². The van der Waals surface area contributed by atoms with Crippen molar-refractivity contribution in [3.63, 3.8) is 0 Å². The van der Waals surface area contributed by atoms with Crippen molar-refractivity contribution < 1.29 is 13.2 Å². The van der Waals surface area contributed by atoms with E-state index >= 15 is 0 Å². The average Bonchev–Trinajstić information content (AvgIpc) is 2.61. The van der Waals surface area contributed by atoms with Crippen LogP contribution in [0.25, 0.3) is 0 Å². The molecule has 1 aliphatic heterocycles. The first-order valence-electron chi connectivity index (χ1n) is 9.67. The van der Waals surface area contributed by atoms with Gasteiger partial charge in [-0.3, -0.25) is 4.79 Å². The quantitative estimate of drug-likeness (QED) is 0.752. The maximum atomic E-state index is 12.6. The molecule has 1 N–H and O–H groups in total. The molecule has 2 rings (SSSR count). The zero-order valence-corrected chi connectivity index (χ0v) is 17.0. The molecule has 1 unspecified atom stereocenters. The first kappa shape index (κ1) is 20.9. The molecule has 1 aromatic rings. The van der Waals surface area contributed by atoms with E-state index in [1.165, 1.54) is 0 Å². The van der Waals surface area contributed by atoms with Crippen LogP contribution in [0.15, 0.2) is 29.2 Å². The second kappa shape index (κ2) is 9.51. The molecule has 0 bridgehead atoms. The minimum absolute atomic E-state index is 0.0205. The number of carbonyl (C=O) groups is 1. The Morgan fingerprint density at radius 3 is 2.23 bits per heavy atom. The zero-order chi connectivity index (χ0) is 19.2. The van der Waals surface area contributed by atoms with Gasteiger partial charge in [0.2, 0.25) is 15.9 Å². The Hall–Kier alpha value is -1.40. The van der Waals surface area contributed by atoms with Gasteiger partial charge in [0.25, 0.3) is 0 Å². The van der Waals surface area contributed by atoms with E-state index in [2.05, 4.69) is 19.2 Å². The highest BCUT2D eigenvalue weighted by atomic mass is 32.2. The molecule has 0 radical (unpaired) electrons. The van der Waals surface area contributed by atoms with Crippen LogP contribution in [0.1, 0.15) is 58.4 Å². The molecule has 1 heterocycles. The lowest BCUT2D eigenvalue weighted by molar-refractivity contribution is -0.121. The van der Waals surface area contributed by atoms with Crippen LogP contribution >= 0.6 is 0 Å². The monoisotopic (exact) mass is 380 g/mol. The zero-order valence-electron chi connectivity index (χ0n) is 16.2. The van der Waals surface area contributed by atoms with Gasteiger partial charge >= 0.3 is 0 Å². The Labute approximate surface area is 158 Å². The summed E-state index contributed by atoms with van der Waals surface area (Å²) in [5, 5.41) is 3.01. The minimum atomic E-state index is -3.41. The summed E-state index contributed by atoms with van der Waals surface area (Å²) in [6.07, 6.45) is 5.27. The summed E-state index contributed by atoms with van der Waals surface area (Å²) in [5.74, 6) is 0.608. The number of hydrogen-bond acceptors (Lipinski definition) is 3. The second-order valence-electron chi connectivity index (χ2n) is 7.73. The molecule has 6 heteroatoms. The Morgan fingerprint density at radius 2 is 1.65 bits per heavy atom. The number of sulfonamides is 1. The third-order valence-electron chi connectivity index (χ3n) is 4.83. The van der Waals surface area contributed by atoms with Gasteiger partial charge in [-0.1, -0.05) is 32.4 Å². The van der Waals surface area contributed by atoms with Crippen LogP contribution in [-0.4, -0.2) is 37.8 Å². The molecule has 1 atom stereocenters. The number of piperidine rings is 1. The number of nitrogens with zero attached hydrogens (tertiary/aromatic N) is 1. The van der Waals surface area contributed by atoms with Crippen molar-refractivity contribution in [3.05, 3.63) is 29.8 Å². The van der Waals surface area contributed by atoms with Gasteiger partial charge < -0.3 is 5.32 Å². The lowest BCUT2D eigenvalue weighted by Gasteiger charge is -2.25. The van der Waals surface area contributed by atoms with Crippen molar-refractivity contribution >= 4 is 15.9 Å². The first-order chi connectivity index (χ1) is 12.3. The molecule has 1 saturated heterocycles. The average molecular weight is 381 g/mol. The Kier molecular flexibility index (Phi) is 7.65. The molecule has 0 spiro atoms. The van der Waals surface area contributed by atoms with E-state index in [4.69, 9.17) is 0 Å². The van der Waals surface area contributed by atoms with Gasteiger partial charge in [-0.05, 0) is 56.2 Å². The van der Waals surface area contributed by atoms with Crippen molar-refractivity contribution in [2.45, 2.75) is 70.2 Å². The Morgan fingerprint density at radius 1 is 1.04 bits per heavy atom. The summed E-state index contributed by atoms with van der Waals surface area (Å²) in [6, 6.07) is 6.89. The number of benzene rings is 1. The summed E-state index contributed by atoms with van der Waals surface area (Å²) in [6.45, 7) is 7.57. The highest BCUT2D eigenvalue weighted by Crippen LogP contribution is 2.21. The topological polar surface area (TPSA) is 66.5 Å². The fourth-order valence-corrected chi connectivity index (χ4v) is 4.72. The van der Waals surface area contributed by atoms with Crippen LogP contribution < -0.4 is 5.32 Å². The van der Waals surface area contributed by atoms with Gasteiger partial charge in [0.05, 0.1) is 11.3 Å². The van der Waals surface area contributed by atoms with Crippen molar-refractivity contribution in [1.29, 1.82) is 0 Å². The molecular formula is C20H32N2O3S. The molecule has 1 aliphatic rings. The fraction of sp³-hybridized carbons (Fsp3) is 0.650. The number of rotatable bonds is 8. The van der Waals surface area contributed by atoms with E-state index in [9.17, 15) is 13.2 Å². The van der Waals surface area contributed by atoms with Gasteiger partial charge in [-0.15, -0.1) is 0 Å². The van der Waals surface area contributed by atoms with E-state index in [1.807, 2.05) is 6.92 Å². The summed E-state index contributed by atoms with van der Waals surface area (Å²) in [4.78, 5) is 12.5. The third kappa shape index (κ3) is 6.09. The summed E-state index contributed by atoms with van der Waals surface area (Å²) >= 11 is 0. The van der Waals surface area contributed by atoms with Gasteiger partial charge in [-0.2, -0.15) is 4.31 Å². The van der Waals surface area contributed by atoms with Gasteiger partial charge in [0, 0.05) is 19.1 Å². The third-order valence-corrected chi connectivity index (χ3v) is 6.74. The van der Waals surface area contributed by atoms with E-state index < -0.39 is 10.0 Å². The van der Waals surface area contributed by atoms with Crippen LogP contribution in [0, 0.1) is 5.92 Å². The Bertz CT molecular complexity index is 678. The van der Waals surface area contributed by atoms with Crippen LogP contribution in [-0.2, 0) is 21.2 Å². The second-order valence-corrected chi connectivity index (χ2v) is 9.66. The smallest absolute Gasteiger partial charge is 0.243 e. The maximum absolute atomic E-state index is 12.6. The van der Waals surface area contributed by atoms with E-state index in [0.29, 0.717) is 23.9 Å². The van der Waals surface area contributed by atoms with Crippen molar-refractivity contribution in [2.75, 3.05) is 13.1 Å². The Balaban J connectivity index is 1.91. The largest absolute Gasteiger partial charge is 0.353 e. The van der Waals surface area contributed by atoms with Crippen molar-refractivity contribution in [2.24, 2.45) is 5.92 Å². The highest BCUT2D eigenvalue weighted by Gasteiger charge is 2.25. The normalized spacial score (nSPS) is 17.2. The molecule has 1 aromatic carbocycles. The first-order valence-corrected chi connectivity index (χ1v) is 11.1. The molecule has 1 amide bonds. The number of carbonyl (C=O) groups excluding carboxylic acids is 1. The molecular weight excluding hydrogens is 348 g/mol. The fourth-order valence-electron chi connectivity index (χ4n) is 3.20.